The third-order valence-corrected chi connectivity index (χ3v) is 3.33. The highest BCUT2D eigenvalue weighted by molar-refractivity contribution is 5.48. The van der Waals surface area contributed by atoms with Crippen molar-refractivity contribution in [1.82, 2.24) is 0 Å². The maximum Gasteiger partial charge on any atom is 0.109 e. The maximum atomic E-state index is 10.2. The fourth-order valence-corrected chi connectivity index (χ4v) is 2.02. The first-order chi connectivity index (χ1) is 9.65. The van der Waals surface area contributed by atoms with Gasteiger partial charge in [-0.1, -0.05) is 73.8 Å². The lowest BCUT2D eigenvalue weighted by atomic mass is 9.97. The molecule has 0 saturated carbocycles. The number of rotatable bonds is 5. The van der Waals surface area contributed by atoms with Crippen molar-refractivity contribution in [1.29, 1.82) is 0 Å². The molecule has 2 aromatic rings. The summed E-state index contributed by atoms with van der Waals surface area (Å²) < 4.78 is 0. The molecule has 0 bridgehead atoms. The van der Waals surface area contributed by atoms with Crippen LogP contribution in [-0.4, -0.2) is 10.2 Å². The molecule has 0 spiro atoms. The standard InChI is InChI=1S/C18H18O2/c1-3-13-5-9-15(10-6-13)17(19)18(20)16-11-7-14(4-2)8-12-16/h3-12,17-20H,1-2H2/t17-,18+. The van der Waals surface area contributed by atoms with Crippen LogP contribution in [0.5, 0.6) is 0 Å². The molecule has 2 rings (SSSR count). The van der Waals surface area contributed by atoms with Crippen molar-refractivity contribution in [2.24, 2.45) is 0 Å². The maximum absolute atomic E-state index is 10.2. The summed E-state index contributed by atoms with van der Waals surface area (Å²) in [7, 11) is 0. The van der Waals surface area contributed by atoms with Crippen LogP contribution in [0.4, 0.5) is 0 Å². The fraction of sp³-hybridized carbons (Fsp3) is 0.111. The van der Waals surface area contributed by atoms with Gasteiger partial charge in [-0.15, -0.1) is 0 Å². The average molecular weight is 266 g/mol. The van der Waals surface area contributed by atoms with Gasteiger partial charge in [-0.3, -0.25) is 0 Å². The summed E-state index contributed by atoms with van der Waals surface area (Å²) in [6.07, 6.45) is 1.56. The lowest BCUT2D eigenvalue weighted by Crippen LogP contribution is -2.10. The van der Waals surface area contributed by atoms with E-state index >= 15 is 0 Å². The van der Waals surface area contributed by atoms with E-state index in [1.54, 1.807) is 36.4 Å². The third-order valence-electron chi connectivity index (χ3n) is 3.33. The average Bonchev–Trinajstić information content (AvgIpc) is 2.53. The Morgan fingerprint density at radius 3 is 1.20 bits per heavy atom. The Morgan fingerprint density at radius 1 is 0.650 bits per heavy atom. The van der Waals surface area contributed by atoms with Crippen molar-refractivity contribution < 1.29 is 10.2 Å². The van der Waals surface area contributed by atoms with Gasteiger partial charge in [0.1, 0.15) is 12.2 Å². The first-order valence-electron chi connectivity index (χ1n) is 6.46. The van der Waals surface area contributed by atoms with Gasteiger partial charge in [0.05, 0.1) is 0 Å². The molecule has 0 aromatic heterocycles. The number of aliphatic hydroxyl groups excluding tert-OH is 2. The van der Waals surface area contributed by atoms with Gasteiger partial charge >= 0.3 is 0 Å². The van der Waals surface area contributed by atoms with E-state index in [-0.39, 0.29) is 0 Å². The first kappa shape index (κ1) is 14.3. The minimum Gasteiger partial charge on any atom is -0.385 e. The van der Waals surface area contributed by atoms with Gasteiger partial charge in [0.15, 0.2) is 0 Å². The molecule has 0 radical (unpaired) electrons. The molecule has 2 atom stereocenters. The monoisotopic (exact) mass is 266 g/mol. The fourth-order valence-electron chi connectivity index (χ4n) is 2.02. The Morgan fingerprint density at radius 2 is 0.950 bits per heavy atom. The molecule has 0 aliphatic carbocycles. The highest BCUT2D eigenvalue weighted by Gasteiger charge is 2.19. The van der Waals surface area contributed by atoms with Gasteiger partial charge in [-0.2, -0.15) is 0 Å². The van der Waals surface area contributed by atoms with Gasteiger partial charge in [-0.05, 0) is 22.3 Å². The number of aliphatic hydroxyl groups is 2. The third kappa shape index (κ3) is 3.05. The number of hydrogen-bond acceptors (Lipinski definition) is 2. The van der Waals surface area contributed by atoms with E-state index in [0.29, 0.717) is 11.1 Å². The van der Waals surface area contributed by atoms with Crippen molar-refractivity contribution >= 4 is 12.2 Å². The Kier molecular flexibility index (Phi) is 4.51. The molecule has 0 fully saturated rings. The van der Waals surface area contributed by atoms with Crippen LogP contribution in [0.1, 0.15) is 34.5 Å². The van der Waals surface area contributed by atoms with E-state index in [4.69, 9.17) is 0 Å². The van der Waals surface area contributed by atoms with Gasteiger partial charge in [0.2, 0.25) is 0 Å². The van der Waals surface area contributed by atoms with Crippen LogP contribution in [0.25, 0.3) is 12.2 Å². The summed E-state index contributed by atoms with van der Waals surface area (Å²) in [5.74, 6) is 0. The summed E-state index contributed by atoms with van der Waals surface area (Å²) in [5.41, 5.74) is 3.31. The van der Waals surface area contributed by atoms with Crippen LogP contribution >= 0.6 is 0 Å². The predicted octanol–water partition coefficient (Wildman–Crippen LogP) is 3.74. The molecule has 0 aliphatic rings. The second-order valence-electron chi connectivity index (χ2n) is 4.63. The van der Waals surface area contributed by atoms with E-state index < -0.39 is 12.2 Å². The van der Waals surface area contributed by atoms with Crippen molar-refractivity contribution in [3.05, 3.63) is 83.9 Å². The van der Waals surface area contributed by atoms with E-state index in [1.165, 1.54) is 0 Å². The van der Waals surface area contributed by atoms with Crippen molar-refractivity contribution in [2.75, 3.05) is 0 Å². The van der Waals surface area contributed by atoms with Crippen molar-refractivity contribution in [3.8, 4) is 0 Å². The summed E-state index contributed by atoms with van der Waals surface area (Å²) >= 11 is 0. The Labute approximate surface area is 119 Å². The van der Waals surface area contributed by atoms with E-state index in [0.717, 1.165) is 11.1 Å². The van der Waals surface area contributed by atoms with Crippen LogP contribution in [-0.2, 0) is 0 Å². The van der Waals surface area contributed by atoms with Crippen LogP contribution in [0, 0.1) is 0 Å². The zero-order valence-corrected chi connectivity index (χ0v) is 11.2. The van der Waals surface area contributed by atoms with Gasteiger partial charge in [0, 0.05) is 0 Å². The highest BCUT2D eigenvalue weighted by Crippen LogP contribution is 2.29. The first-order valence-corrected chi connectivity index (χ1v) is 6.46. The Hall–Kier alpha value is -2.16. The molecule has 0 amide bonds. The molecule has 20 heavy (non-hydrogen) atoms. The van der Waals surface area contributed by atoms with Crippen LogP contribution in [0.15, 0.2) is 61.7 Å². The molecule has 0 saturated heterocycles. The van der Waals surface area contributed by atoms with Gasteiger partial charge < -0.3 is 10.2 Å². The van der Waals surface area contributed by atoms with Crippen LogP contribution < -0.4 is 0 Å². The number of benzene rings is 2. The molecular weight excluding hydrogens is 248 g/mol. The SMILES string of the molecule is C=Cc1ccc([C@@H](O)[C@@H](O)c2ccc(C=C)cc2)cc1. The summed E-state index contributed by atoms with van der Waals surface area (Å²) in [6, 6.07) is 14.6. The zero-order chi connectivity index (χ0) is 14.5. The van der Waals surface area contributed by atoms with Crippen molar-refractivity contribution in [3.63, 3.8) is 0 Å². The van der Waals surface area contributed by atoms with Crippen LogP contribution in [0.2, 0.25) is 0 Å². The molecule has 2 N–H and O–H groups in total. The zero-order valence-electron chi connectivity index (χ0n) is 11.2. The van der Waals surface area contributed by atoms with Gasteiger partial charge in [0.25, 0.3) is 0 Å². The molecule has 0 aliphatic heterocycles. The van der Waals surface area contributed by atoms with Crippen molar-refractivity contribution in [2.45, 2.75) is 12.2 Å². The second kappa shape index (κ2) is 6.33. The lowest BCUT2D eigenvalue weighted by molar-refractivity contribution is 0.0172. The van der Waals surface area contributed by atoms with E-state index in [2.05, 4.69) is 13.2 Å². The minimum atomic E-state index is -0.955. The topological polar surface area (TPSA) is 40.5 Å². The molecule has 2 heteroatoms. The normalized spacial score (nSPS) is 13.5. The molecular formula is C18H18O2. The number of hydrogen-bond donors (Lipinski definition) is 2. The second-order valence-corrected chi connectivity index (χ2v) is 4.63. The highest BCUT2D eigenvalue weighted by atomic mass is 16.3. The summed E-state index contributed by atoms with van der Waals surface area (Å²) in [4.78, 5) is 0. The predicted molar refractivity (Wildman–Crippen MR) is 83.0 cm³/mol. The van der Waals surface area contributed by atoms with E-state index in [1.807, 2.05) is 24.3 Å². The molecule has 102 valence electrons. The molecule has 2 nitrogen and oxygen atoms in total. The van der Waals surface area contributed by atoms with E-state index in [9.17, 15) is 10.2 Å². The lowest BCUT2D eigenvalue weighted by Gasteiger charge is -2.19. The Balaban J connectivity index is 2.19. The quantitative estimate of drug-likeness (QED) is 0.865. The largest absolute Gasteiger partial charge is 0.385 e. The minimum absolute atomic E-state index is 0.677. The smallest absolute Gasteiger partial charge is 0.109 e. The summed E-state index contributed by atoms with van der Waals surface area (Å²) in [5, 5.41) is 20.5. The molecule has 0 unspecified atom stereocenters. The Bertz CT molecular complexity index is 526. The van der Waals surface area contributed by atoms with Crippen LogP contribution in [0.3, 0.4) is 0 Å². The molecule has 2 aromatic carbocycles. The van der Waals surface area contributed by atoms with Gasteiger partial charge in [-0.25, -0.2) is 0 Å². The summed E-state index contributed by atoms with van der Waals surface area (Å²) in [6.45, 7) is 7.37. The molecule has 0 heterocycles.